The van der Waals surface area contributed by atoms with Gasteiger partial charge in [-0.25, -0.2) is 13.2 Å². The highest BCUT2D eigenvalue weighted by atomic mass is 35.7. The number of nitrogens with zero attached hydrogens (tertiary/aromatic N) is 1. The van der Waals surface area contributed by atoms with E-state index < -0.39 is 20.7 Å². The smallest absolute Gasteiger partial charge is 0.415 e. The second-order valence-electron chi connectivity index (χ2n) is 4.65. The fourth-order valence-electron chi connectivity index (χ4n) is 1.77. The number of carbonyl (C=O) groups excluding carboxylic acids is 1. The summed E-state index contributed by atoms with van der Waals surface area (Å²) in [6, 6.07) is 5.89. The minimum absolute atomic E-state index is 0.0424. The van der Waals surface area contributed by atoms with Crippen molar-refractivity contribution in [3.8, 4) is 0 Å². The monoisotopic (exact) mass is 289 g/mol. The predicted octanol–water partition coefficient (Wildman–Crippen LogP) is 2.35. The van der Waals surface area contributed by atoms with Crippen molar-refractivity contribution in [1.82, 2.24) is 0 Å². The molecule has 1 fully saturated rings. The molecule has 1 amide bonds. The van der Waals surface area contributed by atoms with Crippen LogP contribution in [0, 0.1) is 0 Å². The van der Waals surface area contributed by atoms with Crippen molar-refractivity contribution in [3.63, 3.8) is 0 Å². The van der Waals surface area contributed by atoms with E-state index in [1.54, 1.807) is 19.9 Å². The first-order chi connectivity index (χ1) is 8.19. The zero-order chi connectivity index (χ0) is 13.6. The number of halogens is 1. The zero-order valence-corrected chi connectivity index (χ0v) is 11.5. The number of amides is 1. The van der Waals surface area contributed by atoms with Gasteiger partial charge in [0, 0.05) is 16.4 Å². The van der Waals surface area contributed by atoms with Crippen molar-refractivity contribution >= 4 is 31.5 Å². The Morgan fingerprint density at radius 2 is 2.06 bits per heavy atom. The molecule has 2 rings (SSSR count). The lowest BCUT2D eigenvalue weighted by molar-refractivity contribution is 0.0871. The van der Waals surface area contributed by atoms with Gasteiger partial charge in [-0.1, -0.05) is 6.07 Å². The summed E-state index contributed by atoms with van der Waals surface area (Å²) < 4.78 is 27.6. The van der Waals surface area contributed by atoms with Gasteiger partial charge in [0.2, 0.25) is 0 Å². The van der Waals surface area contributed by atoms with E-state index in [9.17, 15) is 13.2 Å². The Labute approximate surface area is 110 Å². The predicted molar refractivity (Wildman–Crippen MR) is 67.4 cm³/mol. The molecular weight excluding hydrogens is 278 g/mol. The molecule has 5 nitrogen and oxygen atoms in total. The van der Waals surface area contributed by atoms with Crippen molar-refractivity contribution in [2.45, 2.75) is 24.3 Å². The van der Waals surface area contributed by atoms with Crippen LogP contribution in [-0.4, -0.2) is 26.7 Å². The Morgan fingerprint density at radius 1 is 1.39 bits per heavy atom. The maximum Gasteiger partial charge on any atom is 0.415 e. The van der Waals surface area contributed by atoms with E-state index in [4.69, 9.17) is 15.4 Å². The molecule has 0 bridgehead atoms. The summed E-state index contributed by atoms with van der Waals surface area (Å²) in [5.74, 6) is 0. The lowest BCUT2D eigenvalue weighted by Gasteiger charge is -2.15. The summed E-state index contributed by atoms with van der Waals surface area (Å²) in [5, 5.41) is 0. The second kappa shape index (κ2) is 4.13. The molecule has 18 heavy (non-hydrogen) atoms. The molecule has 7 heteroatoms. The Balaban J connectivity index is 2.39. The fourth-order valence-corrected chi connectivity index (χ4v) is 2.56. The molecule has 0 spiro atoms. The van der Waals surface area contributed by atoms with Gasteiger partial charge in [-0.2, -0.15) is 0 Å². The molecule has 1 aromatic rings. The first kappa shape index (κ1) is 13.2. The Hall–Kier alpha value is -1.27. The van der Waals surface area contributed by atoms with Crippen LogP contribution >= 0.6 is 10.7 Å². The zero-order valence-electron chi connectivity index (χ0n) is 9.88. The molecule has 0 unspecified atom stereocenters. The van der Waals surface area contributed by atoms with Crippen molar-refractivity contribution in [3.05, 3.63) is 24.3 Å². The molecule has 1 heterocycles. The molecular formula is C11H12ClNO4S. The lowest BCUT2D eigenvalue weighted by Crippen LogP contribution is -2.28. The summed E-state index contributed by atoms with van der Waals surface area (Å²) in [4.78, 5) is 13.0. The number of benzene rings is 1. The maximum atomic E-state index is 11.7. The highest BCUT2D eigenvalue weighted by molar-refractivity contribution is 8.13. The minimum atomic E-state index is -3.81. The maximum absolute atomic E-state index is 11.7. The van der Waals surface area contributed by atoms with Crippen molar-refractivity contribution < 1.29 is 17.9 Å². The molecule has 1 aromatic carbocycles. The van der Waals surface area contributed by atoms with E-state index in [-0.39, 0.29) is 4.90 Å². The van der Waals surface area contributed by atoms with Crippen LogP contribution < -0.4 is 4.90 Å². The summed E-state index contributed by atoms with van der Waals surface area (Å²) in [5.41, 5.74) is -0.139. The number of anilines is 1. The first-order valence-electron chi connectivity index (χ1n) is 5.24. The second-order valence-corrected chi connectivity index (χ2v) is 7.21. The highest BCUT2D eigenvalue weighted by Gasteiger charge is 2.38. The molecule has 0 atom stereocenters. The van der Waals surface area contributed by atoms with Gasteiger partial charge in [0.05, 0.1) is 11.4 Å². The molecule has 98 valence electrons. The van der Waals surface area contributed by atoms with Crippen LogP contribution in [0.15, 0.2) is 29.2 Å². The van der Waals surface area contributed by atoms with Crippen LogP contribution in [-0.2, 0) is 13.8 Å². The fraction of sp³-hybridized carbons (Fsp3) is 0.364. The van der Waals surface area contributed by atoms with E-state index in [0.29, 0.717) is 12.2 Å². The van der Waals surface area contributed by atoms with E-state index in [1.807, 2.05) is 0 Å². The molecule has 0 radical (unpaired) electrons. The van der Waals surface area contributed by atoms with E-state index in [0.717, 1.165) is 0 Å². The van der Waals surface area contributed by atoms with E-state index in [2.05, 4.69) is 0 Å². The van der Waals surface area contributed by atoms with Gasteiger partial charge in [-0.3, -0.25) is 4.90 Å². The highest BCUT2D eigenvalue weighted by Crippen LogP contribution is 2.29. The third-order valence-corrected chi connectivity index (χ3v) is 3.89. The van der Waals surface area contributed by atoms with E-state index in [1.165, 1.54) is 23.1 Å². The van der Waals surface area contributed by atoms with Crippen molar-refractivity contribution in [2.75, 3.05) is 11.4 Å². The van der Waals surface area contributed by atoms with Crippen molar-refractivity contribution in [1.29, 1.82) is 0 Å². The van der Waals surface area contributed by atoms with Crippen LogP contribution in [0.3, 0.4) is 0 Å². The van der Waals surface area contributed by atoms with Gasteiger partial charge in [0.25, 0.3) is 9.05 Å². The Bertz CT molecular complexity index is 597. The Morgan fingerprint density at radius 3 is 2.56 bits per heavy atom. The molecule has 1 aliphatic heterocycles. The lowest BCUT2D eigenvalue weighted by atomic mass is 10.1. The molecule has 1 saturated heterocycles. The van der Waals surface area contributed by atoms with Crippen LogP contribution in [0.25, 0.3) is 0 Å². The van der Waals surface area contributed by atoms with Crippen LogP contribution in [0.1, 0.15) is 13.8 Å². The van der Waals surface area contributed by atoms with Crippen molar-refractivity contribution in [2.24, 2.45) is 0 Å². The van der Waals surface area contributed by atoms with Crippen LogP contribution in [0.2, 0.25) is 0 Å². The number of hydrogen-bond acceptors (Lipinski definition) is 4. The quantitative estimate of drug-likeness (QED) is 0.784. The van der Waals surface area contributed by atoms with Crippen LogP contribution in [0.5, 0.6) is 0 Å². The summed E-state index contributed by atoms with van der Waals surface area (Å²) in [7, 11) is 1.46. The molecule has 0 saturated carbocycles. The third kappa shape index (κ3) is 2.59. The number of carbonyl (C=O) groups is 1. The molecule has 0 N–H and O–H groups in total. The largest absolute Gasteiger partial charge is 0.441 e. The molecule has 1 aliphatic rings. The summed E-state index contributed by atoms with van der Waals surface area (Å²) in [6.07, 6.45) is -0.496. The first-order valence-corrected chi connectivity index (χ1v) is 7.55. The Kier molecular flexibility index (Phi) is 3.03. The minimum Gasteiger partial charge on any atom is -0.441 e. The van der Waals surface area contributed by atoms with Gasteiger partial charge in [0.1, 0.15) is 5.60 Å². The molecule has 0 aromatic heterocycles. The average Bonchev–Trinajstić information content (AvgIpc) is 2.51. The van der Waals surface area contributed by atoms with Crippen LogP contribution in [0.4, 0.5) is 10.5 Å². The third-order valence-electron chi connectivity index (χ3n) is 2.53. The average molecular weight is 290 g/mol. The summed E-state index contributed by atoms with van der Waals surface area (Å²) >= 11 is 0. The number of hydrogen-bond donors (Lipinski definition) is 0. The normalized spacial score (nSPS) is 18.8. The topological polar surface area (TPSA) is 63.7 Å². The number of cyclic esters (lactones) is 1. The SMILES string of the molecule is CC1(C)CN(c2cccc(S(=O)(=O)Cl)c2)C(=O)O1. The molecule has 0 aliphatic carbocycles. The van der Waals surface area contributed by atoms with Gasteiger partial charge in [-0.05, 0) is 32.0 Å². The summed E-state index contributed by atoms with van der Waals surface area (Å²) in [6.45, 7) is 3.93. The van der Waals surface area contributed by atoms with Gasteiger partial charge < -0.3 is 4.74 Å². The van der Waals surface area contributed by atoms with Gasteiger partial charge >= 0.3 is 6.09 Å². The van der Waals surface area contributed by atoms with Gasteiger partial charge in [-0.15, -0.1) is 0 Å². The van der Waals surface area contributed by atoms with E-state index >= 15 is 0 Å². The standard InChI is InChI=1S/C11H12ClNO4S/c1-11(2)7-13(10(14)17-11)8-4-3-5-9(6-8)18(12,15)16/h3-6H,7H2,1-2H3. The number of ether oxygens (including phenoxy) is 1. The number of rotatable bonds is 2. The van der Waals surface area contributed by atoms with Gasteiger partial charge in [0.15, 0.2) is 0 Å².